The Morgan fingerprint density at radius 3 is 2.63 bits per heavy atom. The molecular weight excluding hydrogens is 406 g/mol. The molecule has 3 rings (SSSR count). The van der Waals surface area contributed by atoms with Crippen molar-refractivity contribution >= 4 is 34.6 Å². The molecule has 7 nitrogen and oxygen atoms in total. The van der Waals surface area contributed by atoms with Gasteiger partial charge in [0, 0.05) is 5.56 Å². The van der Waals surface area contributed by atoms with Crippen LogP contribution >= 0.6 is 11.8 Å². The van der Waals surface area contributed by atoms with Crippen LogP contribution in [0.2, 0.25) is 0 Å². The zero-order valence-electron chi connectivity index (χ0n) is 17.4. The van der Waals surface area contributed by atoms with E-state index in [-0.39, 0.29) is 5.63 Å². The molecule has 2 aromatic rings. The fraction of sp³-hybridized carbons (Fsp3) is 0.500. The summed E-state index contributed by atoms with van der Waals surface area (Å²) >= 11 is 1.52. The van der Waals surface area contributed by atoms with Crippen LogP contribution in [0.1, 0.15) is 42.9 Å². The Morgan fingerprint density at radius 2 is 1.97 bits per heavy atom. The second-order valence-corrected chi connectivity index (χ2v) is 8.62. The Kier molecular flexibility index (Phi) is 7.07. The molecule has 2 N–H and O–H groups in total. The molecule has 0 fully saturated rings. The first-order valence-electron chi connectivity index (χ1n) is 10.1. The van der Waals surface area contributed by atoms with E-state index in [0.717, 1.165) is 35.8 Å². The minimum absolute atomic E-state index is 0.308. The Balaban J connectivity index is 1.90. The lowest BCUT2D eigenvalue weighted by atomic mass is 9.90. The second-order valence-electron chi connectivity index (χ2n) is 7.63. The van der Waals surface area contributed by atoms with E-state index in [4.69, 9.17) is 9.15 Å². The van der Waals surface area contributed by atoms with Gasteiger partial charge in [-0.05, 0) is 81.2 Å². The summed E-state index contributed by atoms with van der Waals surface area (Å²) in [7, 11) is 0. The van der Waals surface area contributed by atoms with E-state index in [2.05, 4.69) is 5.32 Å². The predicted molar refractivity (Wildman–Crippen MR) is 117 cm³/mol. The summed E-state index contributed by atoms with van der Waals surface area (Å²) in [6.45, 7) is 3.45. The van der Waals surface area contributed by atoms with Crippen molar-refractivity contribution in [2.24, 2.45) is 0 Å². The topological polar surface area (TPSA) is 106 Å². The number of aryl methyl sites for hydroxylation is 2. The van der Waals surface area contributed by atoms with Crippen molar-refractivity contribution in [3.05, 3.63) is 39.2 Å². The van der Waals surface area contributed by atoms with Crippen molar-refractivity contribution in [2.45, 2.75) is 58.1 Å². The van der Waals surface area contributed by atoms with Crippen molar-refractivity contribution in [2.75, 3.05) is 12.0 Å². The molecule has 1 aliphatic carbocycles. The summed E-state index contributed by atoms with van der Waals surface area (Å²) in [6.07, 6.45) is 4.66. The molecule has 30 heavy (non-hydrogen) atoms. The smallest absolute Gasteiger partial charge is 0.339 e. The number of benzene rings is 1. The third-order valence-corrected chi connectivity index (χ3v) is 5.97. The van der Waals surface area contributed by atoms with Gasteiger partial charge in [0.2, 0.25) is 0 Å². The third kappa shape index (κ3) is 4.80. The number of carboxylic acid groups (broad SMARTS) is 1. The number of hydrogen-bond donors (Lipinski definition) is 2. The van der Waals surface area contributed by atoms with Crippen LogP contribution in [0.15, 0.2) is 21.3 Å². The molecule has 8 heteroatoms. The van der Waals surface area contributed by atoms with E-state index in [1.807, 2.05) is 19.2 Å². The van der Waals surface area contributed by atoms with Gasteiger partial charge in [0.15, 0.2) is 6.10 Å². The maximum absolute atomic E-state index is 12.6. The number of fused-ring (bicyclic) bond motifs is 3. The zero-order valence-corrected chi connectivity index (χ0v) is 18.3. The summed E-state index contributed by atoms with van der Waals surface area (Å²) in [5.41, 5.74) is 2.60. The lowest BCUT2D eigenvalue weighted by molar-refractivity contribution is -0.142. The molecule has 1 aromatic carbocycles. The van der Waals surface area contributed by atoms with Crippen LogP contribution in [0.4, 0.5) is 0 Å². The van der Waals surface area contributed by atoms with E-state index < -0.39 is 24.0 Å². The van der Waals surface area contributed by atoms with Crippen molar-refractivity contribution < 1.29 is 23.8 Å². The molecule has 0 spiro atoms. The van der Waals surface area contributed by atoms with Gasteiger partial charge in [-0.25, -0.2) is 9.59 Å². The predicted octanol–water partition coefficient (Wildman–Crippen LogP) is 3.07. The molecule has 0 saturated heterocycles. The highest BCUT2D eigenvalue weighted by Gasteiger charge is 2.26. The largest absolute Gasteiger partial charge is 0.480 e. The first kappa shape index (κ1) is 22.2. The van der Waals surface area contributed by atoms with Gasteiger partial charge in [0.05, 0.1) is 5.39 Å². The lowest BCUT2D eigenvalue weighted by Crippen LogP contribution is -2.46. The number of nitrogens with one attached hydrogen (secondary N) is 1. The van der Waals surface area contributed by atoms with E-state index in [1.54, 1.807) is 13.0 Å². The Hall–Kier alpha value is -2.48. The Labute approximate surface area is 179 Å². The molecule has 1 amide bonds. The van der Waals surface area contributed by atoms with Gasteiger partial charge < -0.3 is 19.6 Å². The summed E-state index contributed by atoms with van der Waals surface area (Å²) < 4.78 is 11.5. The van der Waals surface area contributed by atoms with Crippen LogP contribution in [0.25, 0.3) is 11.0 Å². The number of rotatable bonds is 8. The van der Waals surface area contributed by atoms with Crippen molar-refractivity contribution in [1.82, 2.24) is 5.32 Å². The van der Waals surface area contributed by atoms with Gasteiger partial charge in [-0.1, -0.05) is 0 Å². The number of hydrogen-bond acceptors (Lipinski definition) is 6. The Morgan fingerprint density at radius 1 is 1.27 bits per heavy atom. The maximum Gasteiger partial charge on any atom is 0.339 e. The number of carbonyl (C=O) groups excluding carboxylic acids is 1. The van der Waals surface area contributed by atoms with Crippen LogP contribution in [-0.4, -0.2) is 41.1 Å². The number of amides is 1. The Bertz CT molecular complexity index is 1010. The minimum Gasteiger partial charge on any atom is -0.480 e. The van der Waals surface area contributed by atoms with Crippen LogP contribution < -0.4 is 15.7 Å². The van der Waals surface area contributed by atoms with E-state index in [1.165, 1.54) is 11.8 Å². The third-order valence-electron chi connectivity index (χ3n) is 5.33. The summed E-state index contributed by atoms with van der Waals surface area (Å²) in [5, 5.41) is 12.6. The molecule has 162 valence electrons. The average molecular weight is 434 g/mol. The lowest BCUT2D eigenvalue weighted by Gasteiger charge is -2.22. The van der Waals surface area contributed by atoms with Crippen molar-refractivity contribution in [1.29, 1.82) is 0 Å². The monoisotopic (exact) mass is 433 g/mol. The molecule has 0 saturated carbocycles. The van der Waals surface area contributed by atoms with Crippen LogP contribution in [0.5, 0.6) is 5.75 Å². The first-order chi connectivity index (χ1) is 14.3. The van der Waals surface area contributed by atoms with E-state index in [0.29, 0.717) is 35.5 Å². The van der Waals surface area contributed by atoms with Crippen LogP contribution in [0, 0.1) is 6.92 Å². The number of carboxylic acids is 1. The molecular formula is C22H27NO6S. The molecule has 1 unspecified atom stereocenters. The van der Waals surface area contributed by atoms with Crippen molar-refractivity contribution in [3.8, 4) is 5.75 Å². The molecule has 2 atom stereocenters. The first-order valence-corrected chi connectivity index (χ1v) is 11.5. The molecule has 1 aromatic heterocycles. The quantitative estimate of drug-likeness (QED) is 0.616. The highest BCUT2D eigenvalue weighted by molar-refractivity contribution is 7.98. The summed E-state index contributed by atoms with van der Waals surface area (Å²) in [6, 6.07) is 2.66. The standard InChI is InChI=1S/C22H27NO6S/c1-12-10-17(28-13(2)20(24)23-16(21(25)26)8-9-30-3)19-14-6-4-5-7-15(14)22(27)29-18(19)11-12/h10-11,13,16H,4-9H2,1-3H3,(H,23,24)(H,25,26)/t13?,16-/m0/s1. The normalized spacial score (nSPS) is 15.3. The van der Waals surface area contributed by atoms with Gasteiger partial charge in [0.1, 0.15) is 17.4 Å². The van der Waals surface area contributed by atoms with Gasteiger partial charge in [-0.3, -0.25) is 4.79 Å². The van der Waals surface area contributed by atoms with Gasteiger partial charge in [0.25, 0.3) is 5.91 Å². The van der Waals surface area contributed by atoms with Crippen LogP contribution in [-0.2, 0) is 22.4 Å². The average Bonchev–Trinajstić information content (AvgIpc) is 2.70. The fourth-order valence-electron chi connectivity index (χ4n) is 3.79. The number of aliphatic carboxylic acids is 1. The molecule has 0 bridgehead atoms. The number of carbonyl (C=O) groups is 2. The fourth-order valence-corrected chi connectivity index (χ4v) is 4.26. The summed E-state index contributed by atoms with van der Waals surface area (Å²) in [5.74, 6) is -0.461. The highest BCUT2D eigenvalue weighted by atomic mass is 32.2. The maximum atomic E-state index is 12.6. The zero-order chi connectivity index (χ0) is 21.8. The second kappa shape index (κ2) is 9.55. The molecule has 1 heterocycles. The van der Waals surface area contributed by atoms with E-state index >= 15 is 0 Å². The highest BCUT2D eigenvalue weighted by Crippen LogP contribution is 2.35. The molecule has 1 aliphatic rings. The number of thioether (sulfide) groups is 1. The van der Waals surface area contributed by atoms with E-state index in [9.17, 15) is 19.5 Å². The van der Waals surface area contributed by atoms with Crippen molar-refractivity contribution in [3.63, 3.8) is 0 Å². The summed E-state index contributed by atoms with van der Waals surface area (Å²) in [4.78, 5) is 36.4. The van der Waals surface area contributed by atoms with Gasteiger partial charge >= 0.3 is 11.6 Å². The number of ether oxygens (including phenoxy) is 1. The van der Waals surface area contributed by atoms with Crippen LogP contribution in [0.3, 0.4) is 0 Å². The minimum atomic E-state index is -1.07. The molecule has 0 radical (unpaired) electrons. The SMILES string of the molecule is CSCC[C@H](NC(=O)C(C)Oc1cc(C)cc2oc(=O)c3c(c12)CCCC3)C(=O)O. The molecule has 0 aliphatic heterocycles. The van der Waals surface area contributed by atoms with Gasteiger partial charge in [-0.15, -0.1) is 0 Å². The van der Waals surface area contributed by atoms with Gasteiger partial charge in [-0.2, -0.15) is 11.8 Å².